The molecule has 0 fully saturated rings. The van der Waals surface area contributed by atoms with E-state index in [2.05, 4.69) is 22.5 Å². The number of nitrogens with one attached hydrogen (secondary N) is 2. The topological polar surface area (TPSA) is 76.4 Å². The van der Waals surface area contributed by atoms with Crippen LogP contribution in [0.1, 0.15) is 39.9 Å². The van der Waals surface area contributed by atoms with E-state index < -0.39 is 11.7 Å². The Morgan fingerprint density at radius 2 is 2.26 bits per heavy atom. The first-order valence-electron chi connectivity index (χ1n) is 6.48. The highest BCUT2D eigenvalue weighted by Gasteiger charge is 2.16. The molecule has 0 aromatic carbocycles. The van der Waals surface area contributed by atoms with Crippen molar-refractivity contribution in [3.8, 4) is 0 Å². The van der Waals surface area contributed by atoms with Crippen LogP contribution < -0.4 is 10.6 Å². The second kappa shape index (κ2) is 7.13. The van der Waals surface area contributed by atoms with Crippen LogP contribution in [0.2, 0.25) is 0 Å². The molecule has 19 heavy (non-hydrogen) atoms. The van der Waals surface area contributed by atoms with E-state index >= 15 is 0 Å². The monoisotopic (exact) mass is 269 g/mol. The molecule has 0 saturated carbocycles. The molecule has 0 spiro atoms. The molecule has 0 bridgehead atoms. The fraction of sp³-hybridized carbons (Fsp3) is 0.692. The largest absolute Gasteiger partial charge is 0.447 e. The highest BCUT2D eigenvalue weighted by molar-refractivity contribution is 5.67. The maximum Gasteiger partial charge on any atom is 0.407 e. The molecule has 1 atom stereocenters. The van der Waals surface area contributed by atoms with E-state index in [1.165, 1.54) is 6.39 Å². The first-order chi connectivity index (χ1) is 8.90. The summed E-state index contributed by atoms with van der Waals surface area (Å²) in [5.41, 5.74) is -0.473. The first kappa shape index (κ1) is 15.5. The summed E-state index contributed by atoms with van der Waals surface area (Å²) < 4.78 is 10.3. The Balaban J connectivity index is 2.26. The van der Waals surface area contributed by atoms with Gasteiger partial charge in [0.25, 0.3) is 0 Å². The molecule has 0 radical (unpaired) electrons. The Morgan fingerprint density at radius 3 is 2.79 bits per heavy atom. The van der Waals surface area contributed by atoms with Crippen LogP contribution in [0.3, 0.4) is 0 Å². The SMILES string of the molecule is CCC(CNC(=O)OC(C)(C)C)NCc1cnco1. The van der Waals surface area contributed by atoms with Crippen LogP contribution in [0.5, 0.6) is 0 Å². The van der Waals surface area contributed by atoms with E-state index in [4.69, 9.17) is 9.15 Å². The third-order valence-electron chi connectivity index (χ3n) is 2.43. The average molecular weight is 269 g/mol. The molecular formula is C13H23N3O3. The van der Waals surface area contributed by atoms with Crippen molar-refractivity contribution in [1.29, 1.82) is 0 Å². The molecule has 1 rings (SSSR count). The van der Waals surface area contributed by atoms with E-state index in [0.717, 1.165) is 12.2 Å². The van der Waals surface area contributed by atoms with Gasteiger partial charge in [0, 0.05) is 12.6 Å². The van der Waals surface area contributed by atoms with Gasteiger partial charge >= 0.3 is 6.09 Å². The number of carbonyl (C=O) groups is 1. The van der Waals surface area contributed by atoms with E-state index in [1.807, 2.05) is 20.8 Å². The lowest BCUT2D eigenvalue weighted by molar-refractivity contribution is 0.0522. The molecule has 1 unspecified atom stereocenters. The Kier molecular flexibility index (Phi) is 5.82. The number of aromatic nitrogens is 1. The van der Waals surface area contributed by atoms with Crippen molar-refractivity contribution in [3.05, 3.63) is 18.4 Å². The van der Waals surface area contributed by atoms with E-state index in [-0.39, 0.29) is 6.04 Å². The van der Waals surface area contributed by atoms with Crippen molar-refractivity contribution in [1.82, 2.24) is 15.6 Å². The standard InChI is InChI=1S/C13H23N3O3/c1-5-10(15-8-11-7-14-9-18-11)6-16-12(17)19-13(2,3)4/h7,9-10,15H,5-6,8H2,1-4H3,(H,16,17). The molecule has 0 saturated heterocycles. The molecule has 1 amide bonds. The smallest absolute Gasteiger partial charge is 0.407 e. The number of amides is 1. The van der Waals surface area contributed by atoms with Crippen LogP contribution in [0, 0.1) is 0 Å². The van der Waals surface area contributed by atoms with Crippen molar-refractivity contribution >= 4 is 6.09 Å². The summed E-state index contributed by atoms with van der Waals surface area (Å²) in [4.78, 5) is 15.4. The fourth-order valence-electron chi connectivity index (χ4n) is 1.46. The molecule has 0 aliphatic rings. The Hall–Kier alpha value is -1.56. The Labute approximate surface area is 113 Å². The third kappa shape index (κ3) is 6.81. The summed E-state index contributed by atoms with van der Waals surface area (Å²) in [7, 11) is 0. The summed E-state index contributed by atoms with van der Waals surface area (Å²) >= 11 is 0. The molecule has 1 heterocycles. The van der Waals surface area contributed by atoms with Crippen molar-refractivity contribution in [3.63, 3.8) is 0 Å². The van der Waals surface area contributed by atoms with Gasteiger partial charge in [-0.3, -0.25) is 0 Å². The predicted molar refractivity (Wildman–Crippen MR) is 71.7 cm³/mol. The molecule has 0 aliphatic heterocycles. The Bertz CT molecular complexity index is 371. The normalized spacial score (nSPS) is 13.1. The van der Waals surface area contributed by atoms with Crippen LogP contribution in [-0.4, -0.2) is 29.3 Å². The second-order valence-electron chi connectivity index (χ2n) is 5.34. The summed E-state index contributed by atoms with van der Waals surface area (Å²) in [5.74, 6) is 0.774. The quantitative estimate of drug-likeness (QED) is 0.826. The first-order valence-corrected chi connectivity index (χ1v) is 6.48. The fourth-order valence-corrected chi connectivity index (χ4v) is 1.46. The minimum absolute atomic E-state index is 0.164. The summed E-state index contributed by atoms with van der Waals surface area (Å²) in [5, 5.41) is 6.04. The van der Waals surface area contributed by atoms with Crippen LogP contribution in [0.15, 0.2) is 17.0 Å². The maximum atomic E-state index is 11.5. The molecule has 0 aliphatic carbocycles. The van der Waals surface area contributed by atoms with Gasteiger partial charge in [0.05, 0.1) is 12.7 Å². The highest BCUT2D eigenvalue weighted by Crippen LogP contribution is 2.06. The number of hydrogen-bond donors (Lipinski definition) is 2. The number of oxazole rings is 1. The maximum absolute atomic E-state index is 11.5. The van der Waals surface area contributed by atoms with E-state index in [0.29, 0.717) is 13.1 Å². The highest BCUT2D eigenvalue weighted by atomic mass is 16.6. The lowest BCUT2D eigenvalue weighted by Crippen LogP contribution is -2.42. The zero-order chi connectivity index (χ0) is 14.3. The van der Waals surface area contributed by atoms with Crippen LogP contribution >= 0.6 is 0 Å². The van der Waals surface area contributed by atoms with Gasteiger partial charge in [0.15, 0.2) is 6.39 Å². The number of carbonyl (C=O) groups excluding carboxylic acids is 1. The van der Waals surface area contributed by atoms with Gasteiger partial charge in [0.1, 0.15) is 11.4 Å². The number of rotatable bonds is 6. The number of nitrogens with zero attached hydrogens (tertiary/aromatic N) is 1. The van der Waals surface area contributed by atoms with Gasteiger partial charge in [0.2, 0.25) is 0 Å². The molecular weight excluding hydrogens is 246 g/mol. The van der Waals surface area contributed by atoms with Gasteiger partial charge in [-0.15, -0.1) is 0 Å². The van der Waals surface area contributed by atoms with Gasteiger partial charge < -0.3 is 19.8 Å². The number of ether oxygens (including phenoxy) is 1. The van der Waals surface area contributed by atoms with Crippen LogP contribution in [-0.2, 0) is 11.3 Å². The van der Waals surface area contributed by atoms with Gasteiger partial charge in [-0.25, -0.2) is 9.78 Å². The molecule has 6 heteroatoms. The number of alkyl carbamates (subject to hydrolysis) is 1. The molecule has 6 nitrogen and oxygen atoms in total. The predicted octanol–water partition coefficient (Wildman–Crippen LogP) is 2.07. The van der Waals surface area contributed by atoms with Crippen LogP contribution in [0.25, 0.3) is 0 Å². The summed E-state index contributed by atoms with van der Waals surface area (Å²) in [6, 6.07) is 0.164. The van der Waals surface area contributed by atoms with Crippen LogP contribution in [0.4, 0.5) is 4.79 Å². The number of hydrogen-bond acceptors (Lipinski definition) is 5. The third-order valence-corrected chi connectivity index (χ3v) is 2.43. The lowest BCUT2D eigenvalue weighted by Gasteiger charge is -2.21. The second-order valence-corrected chi connectivity index (χ2v) is 5.34. The minimum atomic E-state index is -0.473. The average Bonchev–Trinajstić information content (AvgIpc) is 2.80. The van der Waals surface area contributed by atoms with Crippen molar-refractivity contribution < 1.29 is 13.9 Å². The molecule has 108 valence electrons. The zero-order valence-electron chi connectivity index (χ0n) is 12.0. The van der Waals surface area contributed by atoms with Crippen molar-refractivity contribution in [2.75, 3.05) is 6.54 Å². The van der Waals surface area contributed by atoms with Crippen molar-refractivity contribution in [2.45, 2.75) is 52.3 Å². The molecule has 2 N–H and O–H groups in total. The zero-order valence-corrected chi connectivity index (χ0v) is 12.0. The van der Waals surface area contributed by atoms with E-state index in [1.54, 1.807) is 6.20 Å². The molecule has 1 aromatic rings. The van der Waals surface area contributed by atoms with Crippen molar-refractivity contribution in [2.24, 2.45) is 0 Å². The Morgan fingerprint density at radius 1 is 1.53 bits per heavy atom. The van der Waals surface area contributed by atoms with E-state index in [9.17, 15) is 4.79 Å². The summed E-state index contributed by atoms with van der Waals surface area (Å²) in [6.45, 7) is 8.67. The van der Waals surface area contributed by atoms with Gasteiger partial charge in [-0.1, -0.05) is 6.92 Å². The summed E-state index contributed by atoms with van der Waals surface area (Å²) in [6.07, 6.45) is 3.56. The molecule has 1 aromatic heterocycles. The minimum Gasteiger partial charge on any atom is -0.447 e. The van der Waals surface area contributed by atoms with Gasteiger partial charge in [-0.2, -0.15) is 0 Å². The lowest BCUT2D eigenvalue weighted by atomic mass is 10.2. The van der Waals surface area contributed by atoms with Gasteiger partial charge in [-0.05, 0) is 27.2 Å².